The topological polar surface area (TPSA) is 42.0 Å². The summed E-state index contributed by atoms with van der Waals surface area (Å²) in [4.78, 5) is 22.5. The number of anilines is 1. The van der Waals surface area contributed by atoms with Crippen LogP contribution in [0.5, 0.6) is 0 Å². The molecular formula is C23H22Cl2N4OS4. The molecular weight excluding hydrogens is 547 g/mol. The Labute approximate surface area is 225 Å². The highest BCUT2D eigenvalue weighted by Gasteiger charge is 2.25. The van der Waals surface area contributed by atoms with Gasteiger partial charge in [-0.1, -0.05) is 34.7 Å². The van der Waals surface area contributed by atoms with Crippen LogP contribution >= 0.6 is 57.4 Å². The number of hydrogen-bond donors (Lipinski definition) is 0. The van der Waals surface area contributed by atoms with Crippen molar-refractivity contribution >= 4 is 74.2 Å². The Hall–Kier alpha value is -1.62. The van der Waals surface area contributed by atoms with Gasteiger partial charge >= 0.3 is 0 Å². The number of fused-ring (bicyclic) bond motifs is 1. The van der Waals surface area contributed by atoms with Gasteiger partial charge in [0.1, 0.15) is 19.9 Å². The van der Waals surface area contributed by atoms with Crippen molar-refractivity contribution in [3.8, 4) is 0 Å². The van der Waals surface area contributed by atoms with Crippen LogP contribution in [0.25, 0.3) is 11.1 Å². The highest BCUT2D eigenvalue weighted by molar-refractivity contribution is 8.08. The molecule has 0 spiro atoms. The Morgan fingerprint density at radius 3 is 2.74 bits per heavy atom. The molecule has 0 amide bonds. The number of benzene rings is 1. The fourth-order valence-electron chi connectivity index (χ4n) is 3.84. The zero-order chi connectivity index (χ0) is 23.3. The molecule has 0 unspecified atom stereocenters. The summed E-state index contributed by atoms with van der Waals surface area (Å²) >= 11 is 12.8. The van der Waals surface area contributed by atoms with Gasteiger partial charge in [0.05, 0.1) is 22.2 Å². The van der Waals surface area contributed by atoms with Crippen LogP contribution in [0.4, 0.5) is 5.69 Å². The summed E-state index contributed by atoms with van der Waals surface area (Å²) in [5.74, 6) is 0. The van der Waals surface area contributed by atoms with Crippen molar-refractivity contribution in [1.82, 2.24) is 9.55 Å². The van der Waals surface area contributed by atoms with Gasteiger partial charge in [-0.3, -0.25) is 9.36 Å². The maximum absolute atomic E-state index is 13.4. The normalized spacial score (nSPS) is 15.1. The molecule has 3 aromatic heterocycles. The van der Waals surface area contributed by atoms with Gasteiger partial charge in [-0.25, -0.2) is 4.98 Å². The lowest BCUT2D eigenvalue weighted by molar-refractivity contribution is -0.685. The van der Waals surface area contributed by atoms with Gasteiger partial charge < -0.3 is 17.3 Å². The van der Waals surface area contributed by atoms with Crippen LogP contribution in [-0.2, 0) is 13.1 Å². The summed E-state index contributed by atoms with van der Waals surface area (Å²) in [6, 6.07) is 5.85. The lowest BCUT2D eigenvalue weighted by Crippen LogP contribution is -3.00. The Bertz CT molecular complexity index is 1550. The first-order chi connectivity index (χ1) is 15.9. The van der Waals surface area contributed by atoms with Gasteiger partial charge in [-0.2, -0.15) is 4.57 Å². The van der Waals surface area contributed by atoms with E-state index in [9.17, 15) is 4.79 Å². The molecule has 4 heterocycles. The number of halogens is 2. The number of nitrogens with zero attached hydrogens (tertiary/aromatic N) is 4. The highest BCUT2D eigenvalue weighted by atomic mass is 35.5. The molecule has 0 fully saturated rings. The third kappa shape index (κ3) is 4.62. The molecule has 1 aromatic carbocycles. The Morgan fingerprint density at radius 2 is 2.03 bits per heavy atom. The zero-order valence-corrected chi connectivity index (χ0v) is 23.7. The van der Waals surface area contributed by atoms with Gasteiger partial charge in [0, 0.05) is 28.4 Å². The fourth-order valence-corrected chi connectivity index (χ4v) is 8.26. The summed E-state index contributed by atoms with van der Waals surface area (Å²) in [7, 11) is 2.01. The molecule has 1 aliphatic heterocycles. The van der Waals surface area contributed by atoms with Crippen LogP contribution in [-0.4, -0.2) is 16.6 Å². The van der Waals surface area contributed by atoms with Crippen LogP contribution in [0.15, 0.2) is 39.5 Å². The van der Waals surface area contributed by atoms with Crippen molar-refractivity contribution in [1.29, 1.82) is 0 Å². The first-order valence-corrected chi connectivity index (χ1v) is 14.1. The van der Waals surface area contributed by atoms with E-state index in [2.05, 4.69) is 39.0 Å². The van der Waals surface area contributed by atoms with E-state index in [0.29, 0.717) is 11.6 Å². The second kappa shape index (κ2) is 10.2. The van der Waals surface area contributed by atoms with Crippen LogP contribution in [0, 0.1) is 13.8 Å². The van der Waals surface area contributed by atoms with E-state index in [-0.39, 0.29) is 18.0 Å². The zero-order valence-electron chi connectivity index (χ0n) is 19.0. The molecule has 0 saturated carbocycles. The van der Waals surface area contributed by atoms with E-state index >= 15 is 0 Å². The third-order valence-electron chi connectivity index (χ3n) is 5.50. The lowest BCUT2D eigenvalue weighted by atomic mass is 10.3. The summed E-state index contributed by atoms with van der Waals surface area (Å²) in [5, 5.41) is 5.93. The molecule has 0 atom stereocenters. The van der Waals surface area contributed by atoms with Crippen molar-refractivity contribution in [3.05, 3.63) is 74.9 Å². The van der Waals surface area contributed by atoms with Crippen molar-refractivity contribution < 1.29 is 17.0 Å². The highest BCUT2D eigenvalue weighted by Crippen LogP contribution is 2.46. The molecule has 5 nitrogen and oxygen atoms in total. The van der Waals surface area contributed by atoms with Crippen LogP contribution < -0.4 is 36.6 Å². The number of thiazole rings is 3. The fraction of sp³-hybridized carbons (Fsp3) is 0.261. The molecule has 0 N–H and O–H groups in total. The van der Waals surface area contributed by atoms with Gasteiger partial charge in [0.25, 0.3) is 10.6 Å². The number of aromatic nitrogens is 3. The van der Waals surface area contributed by atoms with Gasteiger partial charge in [-0.15, -0.1) is 22.7 Å². The number of thioether (sulfide) groups is 1. The monoisotopic (exact) mass is 568 g/mol. The largest absolute Gasteiger partial charge is 1.00 e. The van der Waals surface area contributed by atoms with Crippen molar-refractivity contribution in [2.75, 3.05) is 11.9 Å². The van der Waals surface area contributed by atoms with Crippen LogP contribution in [0.2, 0.25) is 5.02 Å². The minimum Gasteiger partial charge on any atom is -1.00 e. The van der Waals surface area contributed by atoms with E-state index in [1.165, 1.54) is 4.88 Å². The quantitative estimate of drug-likeness (QED) is 0.347. The average molecular weight is 570 g/mol. The summed E-state index contributed by atoms with van der Waals surface area (Å²) < 4.78 is 5.78. The van der Waals surface area contributed by atoms with Crippen molar-refractivity contribution in [2.24, 2.45) is 0 Å². The molecule has 0 saturated heterocycles. The summed E-state index contributed by atoms with van der Waals surface area (Å²) in [5.41, 5.74) is 2.23. The van der Waals surface area contributed by atoms with E-state index in [4.69, 9.17) is 11.6 Å². The Morgan fingerprint density at radius 1 is 1.24 bits per heavy atom. The molecule has 4 aromatic rings. The summed E-state index contributed by atoms with van der Waals surface area (Å²) in [6.45, 7) is 7.53. The predicted molar refractivity (Wildman–Crippen MR) is 141 cm³/mol. The average Bonchev–Trinajstić information content (AvgIpc) is 3.50. The van der Waals surface area contributed by atoms with E-state index < -0.39 is 0 Å². The SMILES string of the molecule is CCn1c(=O)/c(=C2\Sc3cc(Cl)ccc3N2C)s/c1=C\c1scc[n+]1Cc1nc(C)sc1C.[Cl-]. The Kier molecular flexibility index (Phi) is 7.61. The minimum absolute atomic E-state index is 0. The first kappa shape index (κ1) is 25.5. The predicted octanol–water partition coefficient (Wildman–Crippen LogP) is 1.19. The lowest BCUT2D eigenvalue weighted by Gasteiger charge is -2.12. The number of rotatable bonds is 4. The van der Waals surface area contributed by atoms with Gasteiger partial charge in [0.15, 0.2) is 12.7 Å². The van der Waals surface area contributed by atoms with Gasteiger partial charge in [-0.05, 0) is 39.0 Å². The molecule has 34 heavy (non-hydrogen) atoms. The standard InChI is InChI=1S/C23H22ClN4OS4.ClH/c1-5-28-20(11-19-27(8-9-30-19)12-16-13(2)31-14(3)25-16)33-21(22(28)29)23-26(4)17-7-6-15(24)10-18(17)32-23;/h6-11H,5,12H2,1-4H3;1H/q+1;/p-1/b23-21+;. The third-order valence-corrected chi connectivity index (χ3v) is 9.98. The van der Waals surface area contributed by atoms with Crippen LogP contribution in [0.1, 0.15) is 27.5 Å². The minimum atomic E-state index is 0. The second-order valence-corrected chi connectivity index (χ2v) is 12.5. The summed E-state index contributed by atoms with van der Waals surface area (Å²) in [6.07, 6.45) is 4.21. The molecule has 11 heteroatoms. The molecule has 0 bridgehead atoms. The molecule has 5 rings (SSSR count). The maximum atomic E-state index is 13.4. The van der Waals surface area contributed by atoms with E-state index in [1.54, 1.807) is 45.8 Å². The molecule has 0 radical (unpaired) electrons. The molecule has 0 aliphatic carbocycles. The Balaban J connectivity index is 0.00000274. The van der Waals surface area contributed by atoms with Gasteiger partial charge in [0.2, 0.25) is 0 Å². The molecule has 1 aliphatic rings. The second-order valence-electron chi connectivity index (χ2n) is 7.65. The first-order valence-electron chi connectivity index (χ1n) is 10.4. The smallest absolute Gasteiger partial charge is 0.271 e. The number of aryl methyl sites for hydroxylation is 2. The number of hydrogen-bond acceptors (Lipinski definition) is 7. The van der Waals surface area contributed by atoms with E-state index in [0.717, 1.165) is 47.1 Å². The molecule has 178 valence electrons. The van der Waals surface area contributed by atoms with Crippen molar-refractivity contribution in [3.63, 3.8) is 0 Å². The van der Waals surface area contributed by atoms with Crippen LogP contribution in [0.3, 0.4) is 0 Å². The van der Waals surface area contributed by atoms with Crippen molar-refractivity contribution in [2.45, 2.75) is 38.8 Å². The van der Waals surface area contributed by atoms with E-state index in [1.807, 2.05) is 43.7 Å². The maximum Gasteiger partial charge on any atom is 0.271 e.